The Balaban J connectivity index is 1.87. The number of fused-ring (bicyclic) bond motifs is 1. The number of ether oxygens (including phenoxy) is 6. The largest absolute Gasteiger partial charge is 0.451 e. The molecule has 1 aliphatic rings. The van der Waals surface area contributed by atoms with Crippen molar-refractivity contribution in [3.05, 3.63) is 53.7 Å². The van der Waals surface area contributed by atoms with Crippen LogP contribution >= 0.6 is 11.6 Å². The molecule has 6 atom stereocenters. The molecule has 4 rings (SSSR count). The van der Waals surface area contributed by atoms with Gasteiger partial charge in [-0.05, 0) is 37.8 Å². The normalized spacial score (nSPS) is 23.2. The Morgan fingerprint density at radius 3 is 2.02 bits per heavy atom. The summed E-state index contributed by atoms with van der Waals surface area (Å²) >= 11 is 6.43. The summed E-state index contributed by atoms with van der Waals surface area (Å²) in [7, 11) is 0. The highest BCUT2D eigenvalue weighted by molar-refractivity contribution is 6.33. The van der Waals surface area contributed by atoms with Gasteiger partial charge in [-0.3, -0.25) is 4.57 Å². The smallest absolute Gasteiger partial charge is 0.338 e. The van der Waals surface area contributed by atoms with Crippen molar-refractivity contribution in [3.8, 4) is 0 Å². The Kier molecular flexibility index (Phi) is 15.8. The van der Waals surface area contributed by atoms with Crippen LogP contribution in [0.4, 0.5) is 0 Å². The van der Waals surface area contributed by atoms with Gasteiger partial charge in [0.1, 0.15) is 36.3 Å². The molecule has 0 aliphatic carbocycles. The van der Waals surface area contributed by atoms with Crippen molar-refractivity contribution in [3.63, 3.8) is 0 Å². The van der Waals surface area contributed by atoms with E-state index in [1.807, 2.05) is 6.07 Å². The maximum Gasteiger partial charge on any atom is 0.338 e. The van der Waals surface area contributed by atoms with Gasteiger partial charge in [0.25, 0.3) is 0 Å². The molecule has 1 saturated heterocycles. The van der Waals surface area contributed by atoms with Gasteiger partial charge in [0.05, 0.1) is 18.5 Å². The number of nitrogens with zero attached hydrogens (tertiary/aromatic N) is 4. The van der Waals surface area contributed by atoms with Gasteiger partial charge in [0.2, 0.25) is 0 Å². The maximum atomic E-state index is 13.8. The summed E-state index contributed by atoms with van der Waals surface area (Å²) in [5.41, 5.74) is 1.24. The Bertz CT molecular complexity index is 1330. The number of unbranched alkanes of at least 4 members (excludes halogenated alkanes) is 4. The van der Waals surface area contributed by atoms with Crippen LogP contribution in [0.1, 0.15) is 95.6 Å². The van der Waals surface area contributed by atoms with Crippen LogP contribution in [0.5, 0.6) is 0 Å². The molecule has 12 heteroatoms. The third-order valence-electron chi connectivity index (χ3n) is 8.12. The standard InChI is InChI=1S/C35H51ClN4O7/c1-5-9-18-42-22-26-28(43-19-10-6-2)29(44-20-11-7-3)30(45-21-12-8-4)31(47-35(41)25-16-14-13-15-17-25)34(46-26)40-24-39-27-32(36)37-23-38-33(27)40/h13-17,23-24,26,28-31,34H,5-12,18-22H2,1-4H3/t26-,28-,29+,30-,31-,34-/m1/s1. The lowest BCUT2D eigenvalue weighted by atomic mass is 9.99. The molecule has 0 bridgehead atoms. The van der Waals surface area contributed by atoms with Gasteiger partial charge in [0.15, 0.2) is 23.1 Å². The van der Waals surface area contributed by atoms with Crippen molar-refractivity contribution in [1.82, 2.24) is 19.5 Å². The Hall–Kier alpha value is -2.67. The fourth-order valence-electron chi connectivity index (χ4n) is 5.46. The van der Waals surface area contributed by atoms with Gasteiger partial charge in [-0.2, -0.15) is 0 Å². The van der Waals surface area contributed by atoms with E-state index < -0.39 is 42.7 Å². The van der Waals surface area contributed by atoms with Crippen molar-refractivity contribution in [1.29, 1.82) is 0 Å². The number of rotatable bonds is 20. The highest BCUT2D eigenvalue weighted by Gasteiger charge is 2.52. The van der Waals surface area contributed by atoms with E-state index in [1.165, 1.54) is 6.33 Å². The summed E-state index contributed by atoms with van der Waals surface area (Å²) in [6, 6.07) is 8.89. The van der Waals surface area contributed by atoms with Crippen molar-refractivity contribution >= 4 is 28.7 Å². The zero-order valence-electron chi connectivity index (χ0n) is 28.2. The molecule has 0 N–H and O–H groups in total. The van der Waals surface area contributed by atoms with Crippen molar-refractivity contribution in [2.45, 2.75) is 116 Å². The number of esters is 1. The summed E-state index contributed by atoms with van der Waals surface area (Å²) in [6.45, 7) is 10.7. The average molecular weight is 675 g/mol. The molecule has 3 aromatic rings. The first kappa shape index (κ1) is 37.2. The highest BCUT2D eigenvalue weighted by atomic mass is 35.5. The molecule has 1 aliphatic heterocycles. The molecule has 2 aromatic heterocycles. The van der Waals surface area contributed by atoms with Crippen LogP contribution in [0.25, 0.3) is 11.2 Å². The third kappa shape index (κ3) is 10.2. The van der Waals surface area contributed by atoms with Gasteiger partial charge in [-0.25, -0.2) is 19.7 Å². The predicted octanol–water partition coefficient (Wildman–Crippen LogP) is 6.98. The molecular formula is C35H51ClN4O7. The van der Waals surface area contributed by atoms with Crippen LogP contribution in [0.3, 0.4) is 0 Å². The lowest BCUT2D eigenvalue weighted by Crippen LogP contribution is -2.52. The second kappa shape index (κ2) is 20.0. The van der Waals surface area contributed by atoms with Crippen LogP contribution < -0.4 is 0 Å². The van der Waals surface area contributed by atoms with Crippen LogP contribution in [0, 0.1) is 0 Å². The van der Waals surface area contributed by atoms with Gasteiger partial charge in [-0.15, -0.1) is 0 Å². The van der Waals surface area contributed by atoms with Crippen LogP contribution in [0.2, 0.25) is 5.15 Å². The molecule has 1 aromatic carbocycles. The topological polar surface area (TPSA) is 116 Å². The fraction of sp³-hybridized carbons (Fsp3) is 0.657. The lowest BCUT2D eigenvalue weighted by Gasteiger charge is -2.36. The second-order valence-electron chi connectivity index (χ2n) is 11.8. The Morgan fingerprint density at radius 2 is 1.38 bits per heavy atom. The van der Waals surface area contributed by atoms with Crippen LogP contribution in [-0.4, -0.2) is 89.0 Å². The van der Waals surface area contributed by atoms with Crippen LogP contribution in [0.15, 0.2) is 43.0 Å². The second-order valence-corrected chi connectivity index (χ2v) is 12.1. The molecule has 1 fully saturated rings. The third-order valence-corrected chi connectivity index (χ3v) is 8.40. The quantitative estimate of drug-likeness (QED) is 0.0706. The van der Waals surface area contributed by atoms with E-state index in [2.05, 4.69) is 42.6 Å². The molecular weight excluding hydrogens is 624 g/mol. The van der Waals surface area contributed by atoms with Crippen LogP contribution in [-0.2, 0) is 28.4 Å². The fourth-order valence-corrected chi connectivity index (χ4v) is 5.64. The number of aromatic nitrogens is 4. The van der Waals surface area contributed by atoms with Crippen molar-refractivity contribution in [2.75, 3.05) is 33.0 Å². The first-order valence-corrected chi connectivity index (χ1v) is 17.6. The minimum atomic E-state index is -0.991. The summed E-state index contributed by atoms with van der Waals surface area (Å²) in [5.74, 6) is -0.515. The van der Waals surface area contributed by atoms with Crippen molar-refractivity contribution in [2.24, 2.45) is 0 Å². The number of imidazole rings is 1. The SMILES string of the molecule is CCCCOC[C@H]1O[C@@H](n2cnc3c(Cl)ncnc32)[C@H](OC(=O)c2ccccc2)[C@H](OCCCC)[C@@H](OCCCC)[C@@H]1OCCCC. The van der Waals surface area contributed by atoms with E-state index in [9.17, 15) is 4.79 Å². The summed E-state index contributed by atoms with van der Waals surface area (Å²) in [4.78, 5) is 26.9. The minimum Gasteiger partial charge on any atom is -0.451 e. The number of carbonyl (C=O) groups is 1. The monoisotopic (exact) mass is 674 g/mol. The molecule has 0 amide bonds. The number of carbonyl (C=O) groups excluding carboxylic acids is 1. The van der Waals surface area contributed by atoms with E-state index in [0.29, 0.717) is 43.2 Å². The van der Waals surface area contributed by atoms with E-state index in [0.717, 1.165) is 51.4 Å². The average Bonchev–Trinajstić information content (AvgIpc) is 3.48. The zero-order chi connectivity index (χ0) is 33.4. The van der Waals surface area contributed by atoms with Gasteiger partial charge >= 0.3 is 5.97 Å². The number of hydrogen-bond donors (Lipinski definition) is 0. The maximum absolute atomic E-state index is 13.8. The van der Waals surface area contributed by atoms with E-state index in [-0.39, 0.29) is 11.8 Å². The van der Waals surface area contributed by atoms with E-state index >= 15 is 0 Å². The van der Waals surface area contributed by atoms with Crippen molar-refractivity contribution < 1.29 is 33.2 Å². The Labute approximate surface area is 283 Å². The summed E-state index contributed by atoms with van der Waals surface area (Å²) < 4.78 is 41.4. The molecule has 3 heterocycles. The van der Waals surface area contributed by atoms with Gasteiger partial charge < -0.3 is 28.4 Å². The zero-order valence-corrected chi connectivity index (χ0v) is 29.0. The summed E-state index contributed by atoms with van der Waals surface area (Å²) in [5, 5.41) is 0.206. The molecule has 11 nitrogen and oxygen atoms in total. The minimum absolute atomic E-state index is 0.206. The van der Waals surface area contributed by atoms with E-state index in [1.54, 1.807) is 35.2 Å². The molecule has 0 saturated carbocycles. The number of halogens is 1. The molecule has 0 radical (unpaired) electrons. The molecule has 47 heavy (non-hydrogen) atoms. The number of hydrogen-bond acceptors (Lipinski definition) is 10. The molecule has 260 valence electrons. The molecule has 0 unspecified atom stereocenters. The van der Waals surface area contributed by atoms with Gasteiger partial charge in [-0.1, -0.05) is 83.2 Å². The molecule has 0 spiro atoms. The highest BCUT2D eigenvalue weighted by Crippen LogP contribution is 2.37. The summed E-state index contributed by atoms with van der Waals surface area (Å²) in [6.07, 6.45) is 5.71. The Morgan fingerprint density at radius 1 is 0.787 bits per heavy atom. The number of benzene rings is 1. The van der Waals surface area contributed by atoms with E-state index in [4.69, 9.17) is 40.0 Å². The van der Waals surface area contributed by atoms with Gasteiger partial charge in [0, 0.05) is 26.4 Å². The predicted molar refractivity (Wildman–Crippen MR) is 180 cm³/mol. The first-order valence-electron chi connectivity index (χ1n) is 17.2. The lowest BCUT2D eigenvalue weighted by molar-refractivity contribution is -0.176. The first-order chi connectivity index (χ1) is 23.0.